The van der Waals surface area contributed by atoms with Crippen LogP contribution in [0.1, 0.15) is 0 Å². The molecule has 0 aliphatic carbocycles. The molecule has 9 aromatic carbocycles. The number of hydrogen-bond donors (Lipinski definition) is 0. The first-order valence-corrected chi connectivity index (χ1v) is 18.5. The van der Waals surface area contributed by atoms with E-state index in [1.54, 1.807) is 0 Å². The van der Waals surface area contributed by atoms with Crippen LogP contribution in [0.4, 0.5) is 17.1 Å². The number of aromatic nitrogens is 1. The number of rotatable bonds is 6. The minimum absolute atomic E-state index is 0.625. The Labute approximate surface area is 317 Å². The van der Waals surface area contributed by atoms with Gasteiger partial charge < -0.3 is 13.7 Å². The van der Waals surface area contributed by atoms with Gasteiger partial charge in [-0.2, -0.15) is 0 Å². The summed E-state index contributed by atoms with van der Waals surface area (Å²) in [7, 11) is 0. The van der Waals surface area contributed by atoms with Gasteiger partial charge in [0.2, 0.25) is 5.89 Å². The van der Waals surface area contributed by atoms with Gasteiger partial charge in [0.15, 0.2) is 5.58 Å². The highest BCUT2D eigenvalue weighted by atomic mass is 16.3. The third-order valence-corrected chi connectivity index (χ3v) is 10.7. The van der Waals surface area contributed by atoms with Crippen molar-refractivity contribution in [3.63, 3.8) is 0 Å². The molecule has 11 aromatic rings. The minimum Gasteiger partial charge on any atom is -0.455 e. The quantitative estimate of drug-likeness (QED) is 0.162. The second-order valence-corrected chi connectivity index (χ2v) is 13.9. The van der Waals surface area contributed by atoms with Crippen LogP contribution in [0.2, 0.25) is 0 Å². The molecular formula is C51H32N2O2. The van der Waals surface area contributed by atoms with Crippen LogP contribution in [0.5, 0.6) is 0 Å². The van der Waals surface area contributed by atoms with E-state index in [1.807, 2.05) is 42.5 Å². The molecule has 0 amide bonds. The monoisotopic (exact) mass is 704 g/mol. The van der Waals surface area contributed by atoms with Gasteiger partial charge in [-0.25, -0.2) is 4.98 Å². The van der Waals surface area contributed by atoms with Crippen molar-refractivity contribution >= 4 is 71.6 Å². The van der Waals surface area contributed by atoms with Crippen LogP contribution in [-0.2, 0) is 0 Å². The molecule has 2 aromatic heterocycles. The van der Waals surface area contributed by atoms with Crippen molar-refractivity contribution in [1.82, 2.24) is 4.98 Å². The fourth-order valence-corrected chi connectivity index (χ4v) is 8.07. The highest BCUT2D eigenvalue weighted by Gasteiger charge is 2.20. The van der Waals surface area contributed by atoms with Gasteiger partial charge in [0.05, 0.1) is 5.69 Å². The molecule has 0 saturated heterocycles. The molecule has 0 aliphatic heterocycles. The summed E-state index contributed by atoms with van der Waals surface area (Å²) in [6.45, 7) is 0. The maximum absolute atomic E-state index is 6.55. The maximum Gasteiger partial charge on any atom is 0.227 e. The largest absolute Gasteiger partial charge is 0.455 e. The first-order chi connectivity index (χ1) is 27.3. The molecule has 0 saturated carbocycles. The molecular weight excluding hydrogens is 673 g/mol. The summed E-state index contributed by atoms with van der Waals surface area (Å²) in [4.78, 5) is 7.24. The lowest BCUT2D eigenvalue weighted by Gasteiger charge is -2.28. The zero-order valence-corrected chi connectivity index (χ0v) is 29.7. The van der Waals surface area contributed by atoms with Gasteiger partial charge in [0, 0.05) is 44.2 Å². The molecule has 0 fully saturated rings. The van der Waals surface area contributed by atoms with Crippen molar-refractivity contribution in [2.24, 2.45) is 0 Å². The molecule has 0 aliphatic rings. The van der Waals surface area contributed by atoms with E-state index in [4.69, 9.17) is 13.8 Å². The summed E-state index contributed by atoms with van der Waals surface area (Å²) in [5.41, 5.74) is 12.0. The lowest BCUT2D eigenvalue weighted by molar-refractivity contribution is 0.623. The van der Waals surface area contributed by atoms with E-state index in [1.165, 1.54) is 0 Å². The fraction of sp³-hybridized carbons (Fsp3) is 0. The molecule has 0 spiro atoms. The van der Waals surface area contributed by atoms with Crippen LogP contribution in [0, 0.1) is 0 Å². The first kappa shape index (κ1) is 31.1. The number of hydrogen-bond acceptors (Lipinski definition) is 4. The Hall–Kier alpha value is -7.43. The van der Waals surface area contributed by atoms with E-state index in [0.717, 1.165) is 99.5 Å². The summed E-state index contributed by atoms with van der Waals surface area (Å²) in [6, 6.07) is 68.1. The van der Waals surface area contributed by atoms with Crippen LogP contribution in [0.15, 0.2) is 203 Å². The van der Waals surface area contributed by atoms with E-state index < -0.39 is 0 Å². The molecule has 0 unspecified atom stereocenters. The molecule has 4 heteroatoms. The van der Waals surface area contributed by atoms with Gasteiger partial charge in [-0.05, 0) is 87.9 Å². The summed E-state index contributed by atoms with van der Waals surface area (Å²) in [5.74, 6) is 0.625. The minimum atomic E-state index is 0.625. The van der Waals surface area contributed by atoms with Gasteiger partial charge in [0.25, 0.3) is 0 Å². The normalized spacial score (nSPS) is 11.6. The first-order valence-electron chi connectivity index (χ1n) is 18.5. The summed E-state index contributed by atoms with van der Waals surface area (Å²) >= 11 is 0. The van der Waals surface area contributed by atoms with Crippen LogP contribution in [0.25, 0.3) is 88.3 Å². The molecule has 2 heterocycles. The SMILES string of the molecule is c1ccc(-c2nc3ccc4ccc5ccc(-c6ccccc6N(c6ccccc6)c6ccc(-c7cccc8c7oc7ccccc78)cc6)cc5c4c3o2)cc1. The van der Waals surface area contributed by atoms with Crippen LogP contribution >= 0.6 is 0 Å². The molecule has 258 valence electrons. The highest BCUT2D eigenvalue weighted by Crippen LogP contribution is 2.44. The molecule has 0 bridgehead atoms. The number of furan rings is 1. The van der Waals surface area contributed by atoms with Crippen LogP contribution < -0.4 is 4.90 Å². The third-order valence-electron chi connectivity index (χ3n) is 10.7. The van der Waals surface area contributed by atoms with Crippen LogP contribution in [0.3, 0.4) is 0 Å². The second-order valence-electron chi connectivity index (χ2n) is 13.9. The van der Waals surface area contributed by atoms with Crippen molar-refractivity contribution in [1.29, 1.82) is 0 Å². The fourth-order valence-electron chi connectivity index (χ4n) is 8.07. The molecule has 55 heavy (non-hydrogen) atoms. The topological polar surface area (TPSA) is 42.4 Å². The lowest BCUT2D eigenvalue weighted by Crippen LogP contribution is -2.11. The molecule has 11 rings (SSSR count). The second kappa shape index (κ2) is 12.6. The Kier molecular flexibility index (Phi) is 7.14. The number of oxazole rings is 1. The van der Waals surface area contributed by atoms with Crippen LogP contribution in [-0.4, -0.2) is 4.98 Å². The van der Waals surface area contributed by atoms with E-state index >= 15 is 0 Å². The Morgan fingerprint density at radius 2 is 1.05 bits per heavy atom. The van der Waals surface area contributed by atoms with E-state index in [2.05, 4.69) is 157 Å². The van der Waals surface area contributed by atoms with Gasteiger partial charge in [-0.1, -0.05) is 133 Å². The molecule has 0 atom stereocenters. The number of fused-ring (bicyclic) bond motifs is 8. The van der Waals surface area contributed by atoms with Crippen molar-refractivity contribution in [2.75, 3.05) is 4.90 Å². The van der Waals surface area contributed by atoms with E-state index in [0.29, 0.717) is 5.89 Å². The molecule has 0 radical (unpaired) electrons. The third kappa shape index (κ3) is 5.19. The molecule has 4 nitrogen and oxygen atoms in total. The smallest absolute Gasteiger partial charge is 0.227 e. The van der Waals surface area contributed by atoms with Gasteiger partial charge >= 0.3 is 0 Å². The average molecular weight is 705 g/mol. The predicted molar refractivity (Wildman–Crippen MR) is 227 cm³/mol. The van der Waals surface area contributed by atoms with Gasteiger partial charge in [0.1, 0.15) is 16.7 Å². The highest BCUT2D eigenvalue weighted by molar-refractivity contribution is 6.19. The van der Waals surface area contributed by atoms with Crippen molar-refractivity contribution in [3.05, 3.63) is 194 Å². The zero-order chi connectivity index (χ0) is 36.3. The van der Waals surface area contributed by atoms with Crippen molar-refractivity contribution in [2.45, 2.75) is 0 Å². The average Bonchev–Trinajstić information content (AvgIpc) is 3.87. The van der Waals surface area contributed by atoms with Crippen molar-refractivity contribution in [3.8, 4) is 33.7 Å². The van der Waals surface area contributed by atoms with Gasteiger partial charge in [-0.15, -0.1) is 0 Å². The number of anilines is 3. The van der Waals surface area contributed by atoms with E-state index in [9.17, 15) is 0 Å². The summed E-state index contributed by atoms with van der Waals surface area (Å²) < 4.78 is 13.0. The Morgan fingerprint density at radius 3 is 1.93 bits per heavy atom. The van der Waals surface area contributed by atoms with E-state index in [-0.39, 0.29) is 0 Å². The number of para-hydroxylation sites is 4. The number of benzene rings is 9. The Balaban J connectivity index is 1.05. The number of nitrogens with zero attached hydrogens (tertiary/aromatic N) is 2. The lowest BCUT2D eigenvalue weighted by atomic mass is 9.95. The Bertz CT molecular complexity index is 3200. The van der Waals surface area contributed by atoms with Gasteiger partial charge in [-0.3, -0.25) is 0 Å². The summed E-state index contributed by atoms with van der Waals surface area (Å²) in [6.07, 6.45) is 0. The summed E-state index contributed by atoms with van der Waals surface area (Å²) in [5, 5.41) is 6.72. The Morgan fingerprint density at radius 1 is 0.400 bits per heavy atom. The maximum atomic E-state index is 6.55. The zero-order valence-electron chi connectivity index (χ0n) is 29.7. The standard InChI is InChI=1S/C51H32N2O2/c1-3-12-36(13-4-1)51-52-45-31-28-35-24-22-34-23-25-37(32-44(34)48(35)50(45)55-51)40-16-7-9-20-46(40)53(38-14-5-2-6-15-38)39-29-26-33(27-30-39)41-18-11-19-43-42-17-8-10-21-47(42)54-49(41)43/h1-32H. The van der Waals surface area contributed by atoms with Crippen molar-refractivity contribution < 1.29 is 8.83 Å². The predicted octanol–water partition coefficient (Wildman–Crippen LogP) is 14.5. The molecule has 0 N–H and O–H groups in total.